The van der Waals surface area contributed by atoms with E-state index in [-0.39, 0.29) is 11.2 Å². The molecule has 0 saturated carbocycles. The number of aromatic amines is 1. The zero-order valence-corrected chi connectivity index (χ0v) is 13.1. The molecule has 19 heavy (non-hydrogen) atoms. The predicted octanol–water partition coefficient (Wildman–Crippen LogP) is 2.02. The Morgan fingerprint density at radius 2 is 2.21 bits per heavy atom. The van der Waals surface area contributed by atoms with Gasteiger partial charge in [0, 0.05) is 24.4 Å². The maximum atomic E-state index is 11.5. The zero-order chi connectivity index (χ0) is 14.5. The summed E-state index contributed by atoms with van der Waals surface area (Å²) < 4.78 is 1.68. The van der Waals surface area contributed by atoms with Gasteiger partial charge < -0.3 is 5.32 Å². The van der Waals surface area contributed by atoms with Gasteiger partial charge in [0.2, 0.25) is 0 Å². The summed E-state index contributed by atoms with van der Waals surface area (Å²) in [5.74, 6) is 0.761. The second-order valence-electron chi connectivity index (χ2n) is 5.61. The number of H-pyrrole nitrogens is 1. The number of nitrogens with one attached hydrogen (secondary N) is 2. The molecule has 0 unspecified atom stereocenters. The van der Waals surface area contributed by atoms with Gasteiger partial charge in [-0.1, -0.05) is 30.8 Å². The Balaban J connectivity index is 2.48. The lowest BCUT2D eigenvalue weighted by molar-refractivity contribution is 0.445. The number of hydrogen-bond acceptors (Lipinski definition) is 4. The fourth-order valence-electron chi connectivity index (χ4n) is 1.44. The molecule has 0 aliphatic rings. The number of hydrogen-bond donors (Lipinski definition) is 2. The minimum absolute atomic E-state index is 0.0876. The maximum absolute atomic E-state index is 11.5. The topological polar surface area (TPSA) is 62.7 Å². The van der Waals surface area contributed by atoms with Crippen LogP contribution < -0.4 is 11.0 Å². The molecule has 0 aliphatic carbocycles. The molecule has 2 N–H and O–H groups in total. The summed E-state index contributed by atoms with van der Waals surface area (Å²) >= 11 is 1.55. The summed E-state index contributed by atoms with van der Waals surface area (Å²) in [5.41, 5.74) is 1.05. The van der Waals surface area contributed by atoms with Gasteiger partial charge in [-0.3, -0.25) is 4.57 Å². The first-order valence-electron chi connectivity index (χ1n) is 6.53. The van der Waals surface area contributed by atoms with Crippen LogP contribution in [0.2, 0.25) is 0 Å². The summed E-state index contributed by atoms with van der Waals surface area (Å²) in [7, 11) is 0. The first-order valence-corrected chi connectivity index (χ1v) is 7.51. The molecule has 0 spiro atoms. The molecule has 1 heterocycles. The first kappa shape index (κ1) is 16.0. The normalized spacial score (nSPS) is 11.8. The molecule has 0 atom stereocenters. The van der Waals surface area contributed by atoms with E-state index in [4.69, 9.17) is 0 Å². The van der Waals surface area contributed by atoms with Crippen molar-refractivity contribution in [2.45, 2.75) is 51.4 Å². The molecular weight excluding hydrogens is 260 g/mol. The Bertz CT molecular complexity index is 470. The Morgan fingerprint density at radius 1 is 1.53 bits per heavy atom. The monoisotopic (exact) mass is 284 g/mol. The molecule has 108 valence electrons. The van der Waals surface area contributed by atoms with E-state index in [1.165, 1.54) is 0 Å². The van der Waals surface area contributed by atoms with Crippen molar-refractivity contribution in [2.75, 3.05) is 12.3 Å². The number of rotatable bonds is 7. The van der Waals surface area contributed by atoms with E-state index in [0.717, 1.165) is 29.4 Å². The first-order chi connectivity index (χ1) is 8.83. The maximum Gasteiger partial charge on any atom is 0.343 e. The minimum Gasteiger partial charge on any atom is -0.308 e. The second kappa shape index (κ2) is 6.96. The van der Waals surface area contributed by atoms with Gasteiger partial charge in [0.1, 0.15) is 0 Å². The van der Waals surface area contributed by atoms with Gasteiger partial charge in [-0.05, 0) is 27.2 Å². The van der Waals surface area contributed by atoms with E-state index in [9.17, 15) is 4.79 Å². The van der Waals surface area contributed by atoms with Crippen LogP contribution in [0.5, 0.6) is 0 Å². The smallest absolute Gasteiger partial charge is 0.308 e. The zero-order valence-electron chi connectivity index (χ0n) is 12.2. The van der Waals surface area contributed by atoms with Crippen molar-refractivity contribution in [3.05, 3.63) is 22.6 Å². The van der Waals surface area contributed by atoms with Crippen molar-refractivity contribution in [2.24, 2.45) is 0 Å². The van der Waals surface area contributed by atoms with Crippen molar-refractivity contribution in [3.63, 3.8) is 0 Å². The van der Waals surface area contributed by atoms with E-state index >= 15 is 0 Å². The molecule has 1 aromatic heterocycles. The van der Waals surface area contributed by atoms with Crippen molar-refractivity contribution in [1.82, 2.24) is 20.1 Å². The lowest BCUT2D eigenvalue weighted by Gasteiger charge is -2.21. The summed E-state index contributed by atoms with van der Waals surface area (Å²) in [4.78, 5) is 11.5. The van der Waals surface area contributed by atoms with Gasteiger partial charge >= 0.3 is 5.69 Å². The van der Waals surface area contributed by atoms with E-state index in [2.05, 4.69) is 42.9 Å². The van der Waals surface area contributed by atoms with Crippen LogP contribution in [0.1, 0.15) is 34.1 Å². The van der Waals surface area contributed by atoms with Crippen LogP contribution in [0.3, 0.4) is 0 Å². The fraction of sp³-hybridized carbons (Fsp3) is 0.692. The fourth-order valence-corrected chi connectivity index (χ4v) is 2.32. The van der Waals surface area contributed by atoms with Gasteiger partial charge in [-0.2, -0.15) is 0 Å². The number of thioether (sulfide) groups is 1. The molecule has 0 aliphatic heterocycles. The molecular formula is C13H24N4OS. The molecule has 1 rings (SSSR count). The molecule has 0 radical (unpaired) electrons. The highest BCUT2D eigenvalue weighted by Crippen LogP contribution is 2.16. The number of nitrogens with zero attached hydrogens (tertiary/aromatic N) is 2. The average Bonchev–Trinajstić information content (AvgIpc) is 2.65. The van der Waals surface area contributed by atoms with Gasteiger partial charge in [0.25, 0.3) is 0 Å². The van der Waals surface area contributed by atoms with Gasteiger partial charge in [0.05, 0.1) is 0 Å². The molecule has 0 fully saturated rings. The van der Waals surface area contributed by atoms with Gasteiger partial charge in [0.15, 0.2) is 5.16 Å². The molecule has 0 amide bonds. The van der Waals surface area contributed by atoms with Crippen LogP contribution in [0.15, 0.2) is 22.1 Å². The molecule has 0 bridgehead atoms. The third kappa shape index (κ3) is 5.65. The Kier molecular flexibility index (Phi) is 5.87. The van der Waals surface area contributed by atoms with Crippen LogP contribution >= 0.6 is 11.8 Å². The van der Waals surface area contributed by atoms with Crippen LogP contribution in [0, 0.1) is 0 Å². The van der Waals surface area contributed by atoms with Crippen molar-refractivity contribution in [1.29, 1.82) is 0 Å². The quantitative estimate of drug-likeness (QED) is 0.594. The van der Waals surface area contributed by atoms with Crippen LogP contribution in [-0.2, 0) is 6.54 Å². The van der Waals surface area contributed by atoms with Crippen molar-refractivity contribution < 1.29 is 0 Å². The molecule has 0 aromatic carbocycles. The SMILES string of the molecule is C=C(CNC(C)(C)C)CSc1n[nH]c(=O)n1CCC. The van der Waals surface area contributed by atoms with E-state index in [1.807, 2.05) is 6.92 Å². The third-order valence-corrected chi connectivity index (χ3v) is 3.57. The lowest BCUT2D eigenvalue weighted by Crippen LogP contribution is -2.37. The Morgan fingerprint density at radius 3 is 2.79 bits per heavy atom. The molecule has 6 heteroatoms. The third-order valence-electron chi connectivity index (χ3n) is 2.44. The van der Waals surface area contributed by atoms with E-state index in [1.54, 1.807) is 16.3 Å². The van der Waals surface area contributed by atoms with Crippen LogP contribution in [0.4, 0.5) is 0 Å². The van der Waals surface area contributed by atoms with Crippen LogP contribution in [0.25, 0.3) is 0 Å². The van der Waals surface area contributed by atoms with Crippen molar-refractivity contribution >= 4 is 11.8 Å². The van der Waals surface area contributed by atoms with Gasteiger partial charge in [-0.15, -0.1) is 5.10 Å². The lowest BCUT2D eigenvalue weighted by atomic mass is 10.1. The summed E-state index contributed by atoms with van der Waals surface area (Å²) in [6.07, 6.45) is 0.916. The highest BCUT2D eigenvalue weighted by molar-refractivity contribution is 7.99. The van der Waals surface area contributed by atoms with E-state index < -0.39 is 0 Å². The molecule has 5 nitrogen and oxygen atoms in total. The Hall–Kier alpha value is -1.01. The highest BCUT2D eigenvalue weighted by Gasteiger charge is 2.11. The van der Waals surface area contributed by atoms with Crippen molar-refractivity contribution in [3.8, 4) is 0 Å². The largest absolute Gasteiger partial charge is 0.343 e. The standard InChI is InChI=1S/C13H24N4OS/c1-6-7-17-11(18)15-16-12(17)19-9-10(2)8-14-13(3,4)5/h14H,2,6-9H2,1,3-5H3,(H,15,18). The summed E-state index contributed by atoms with van der Waals surface area (Å²) in [5, 5.41) is 10.7. The average molecular weight is 284 g/mol. The predicted molar refractivity (Wildman–Crippen MR) is 80.8 cm³/mol. The summed E-state index contributed by atoms with van der Waals surface area (Å²) in [6, 6.07) is 0. The second-order valence-corrected chi connectivity index (χ2v) is 6.55. The molecule has 1 aromatic rings. The Labute approximate surface area is 118 Å². The van der Waals surface area contributed by atoms with Crippen LogP contribution in [-0.4, -0.2) is 32.6 Å². The minimum atomic E-state index is -0.136. The summed E-state index contributed by atoms with van der Waals surface area (Å²) in [6.45, 7) is 13.9. The number of aromatic nitrogens is 3. The van der Waals surface area contributed by atoms with Gasteiger partial charge in [-0.25, -0.2) is 9.89 Å². The van der Waals surface area contributed by atoms with E-state index in [0.29, 0.717) is 6.54 Å². The highest BCUT2D eigenvalue weighted by atomic mass is 32.2. The molecule has 0 saturated heterocycles.